The van der Waals surface area contributed by atoms with Gasteiger partial charge in [0, 0.05) is 37.8 Å². The average molecular weight is 636 g/mol. The number of carbonyl (C=O) groups is 3. The summed E-state index contributed by atoms with van der Waals surface area (Å²) in [6.07, 6.45) is 0.773. The van der Waals surface area contributed by atoms with E-state index in [4.69, 9.17) is 0 Å². The van der Waals surface area contributed by atoms with Crippen LogP contribution < -0.4 is 26.2 Å². The zero-order chi connectivity index (χ0) is 33.6. The fourth-order valence-corrected chi connectivity index (χ4v) is 6.18. The van der Waals surface area contributed by atoms with E-state index < -0.39 is 17.7 Å². The van der Waals surface area contributed by atoms with Crippen LogP contribution in [0.5, 0.6) is 0 Å². The molecule has 1 aliphatic heterocycles. The van der Waals surface area contributed by atoms with Gasteiger partial charge >= 0.3 is 6.03 Å². The number of nitrogens with one attached hydrogen (secondary N) is 4. The summed E-state index contributed by atoms with van der Waals surface area (Å²) in [6, 6.07) is 27.4. The number of hydrogen-bond acceptors (Lipinski definition) is 5. The maximum absolute atomic E-state index is 14.3. The first-order chi connectivity index (χ1) is 22.5. The molecule has 2 atom stereocenters. The number of carbonyl (C=O) groups excluding carboxylic acids is 3. The van der Waals surface area contributed by atoms with Crippen molar-refractivity contribution in [2.75, 3.05) is 18.5 Å². The van der Waals surface area contributed by atoms with Crippen LogP contribution in [0.2, 0.25) is 0 Å². The van der Waals surface area contributed by atoms with E-state index in [2.05, 4.69) is 39.5 Å². The van der Waals surface area contributed by atoms with E-state index in [1.165, 1.54) is 0 Å². The van der Waals surface area contributed by atoms with Crippen LogP contribution in [0.3, 0.4) is 0 Å². The minimum atomic E-state index is -0.680. The van der Waals surface area contributed by atoms with Crippen molar-refractivity contribution < 1.29 is 19.5 Å². The van der Waals surface area contributed by atoms with Crippen LogP contribution in [-0.4, -0.2) is 54.2 Å². The molecule has 0 saturated heterocycles. The van der Waals surface area contributed by atoms with Gasteiger partial charge in [0.1, 0.15) is 6.04 Å². The molecule has 4 aromatic rings. The maximum atomic E-state index is 14.3. The minimum Gasteiger partial charge on any atom is -0.392 e. The number of benzene rings is 4. The molecule has 5 N–H and O–H groups in total. The Hall–Kier alpha value is -4.73. The van der Waals surface area contributed by atoms with Crippen molar-refractivity contribution in [1.29, 1.82) is 0 Å². The number of urea groups is 1. The molecule has 4 amide bonds. The zero-order valence-corrected chi connectivity index (χ0v) is 27.6. The lowest BCUT2D eigenvalue weighted by atomic mass is 9.97. The molecule has 1 aliphatic rings. The molecule has 0 fully saturated rings. The van der Waals surface area contributed by atoms with Crippen LogP contribution in [0.4, 0.5) is 10.5 Å². The average Bonchev–Trinajstić information content (AvgIpc) is 3.19. The number of hydrogen-bond donors (Lipinski definition) is 5. The second kappa shape index (κ2) is 14.8. The Morgan fingerprint density at radius 2 is 1.70 bits per heavy atom. The van der Waals surface area contributed by atoms with Crippen molar-refractivity contribution in [3.63, 3.8) is 0 Å². The molecule has 0 bridgehead atoms. The normalized spacial score (nSPS) is 15.5. The van der Waals surface area contributed by atoms with Crippen LogP contribution in [-0.2, 0) is 29.1 Å². The molecule has 0 unspecified atom stereocenters. The highest BCUT2D eigenvalue weighted by molar-refractivity contribution is 6.03. The number of amides is 4. The van der Waals surface area contributed by atoms with Crippen LogP contribution in [0.25, 0.3) is 21.9 Å². The van der Waals surface area contributed by atoms with E-state index in [1.807, 2.05) is 85.5 Å². The van der Waals surface area contributed by atoms with E-state index in [1.54, 1.807) is 14.0 Å². The first kappa shape index (κ1) is 33.6. The molecule has 5 rings (SSSR count). The largest absolute Gasteiger partial charge is 0.392 e. The number of anilines is 1. The lowest BCUT2D eigenvalue weighted by Gasteiger charge is -2.29. The van der Waals surface area contributed by atoms with Gasteiger partial charge in [-0.25, -0.2) is 4.79 Å². The molecule has 9 nitrogen and oxygen atoms in total. The topological polar surface area (TPSA) is 123 Å². The summed E-state index contributed by atoms with van der Waals surface area (Å²) < 4.78 is 0. The molecule has 1 heterocycles. The van der Waals surface area contributed by atoms with E-state index in [0.717, 1.165) is 44.3 Å². The monoisotopic (exact) mass is 635 g/mol. The molecule has 47 heavy (non-hydrogen) atoms. The maximum Gasteiger partial charge on any atom is 0.314 e. The summed E-state index contributed by atoms with van der Waals surface area (Å²) in [7, 11) is 1.59. The fraction of sp³-hybridized carbons (Fsp3) is 0.342. The SMILES string of the molecule is CNC(=O)NCc1ccccc1-c1ccc(CN2C(=O)[C@H](NC(=O)CC(C)(C)NC[C@@H](C)O)CCc3c2ccc2ccccc32)cc1. The molecular formula is C38H45N5O4. The van der Waals surface area contributed by atoms with Gasteiger partial charge in [-0.15, -0.1) is 0 Å². The molecule has 0 aliphatic carbocycles. The smallest absolute Gasteiger partial charge is 0.314 e. The third-order valence-corrected chi connectivity index (χ3v) is 8.66. The third-order valence-electron chi connectivity index (χ3n) is 8.66. The predicted molar refractivity (Wildman–Crippen MR) is 187 cm³/mol. The molecule has 0 radical (unpaired) electrons. The summed E-state index contributed by atoms with van der Waals surface area (Å²) in [5.41, 5.74) is 5.39. The standard InChI is InChI=1S/C38H45N5O4/c1-25(44)22-41-38(2,3)21-35(45)42-33-19-18-32-31-12-8-5-9-27(31)17-20-34(32)43(36(33)46)24-26-13-15-28(16-14-26)30-11-7-6-10-29(30)23-40-37(47)39-4/h5-17,20,25,33,41,44H,18-19,21-24H2,1-4H3,(H,42,45)(H2,39,40,47)/t25-,33-/m1/s1. The van der Waals surface area contributed by atoms with Gasteiger partial charge in [-0.1, -0.05) is 78.9 Å². The van der Waals surface area contributed by atoms with Crippen molar-refractivity contribution in [1.82, 2.24) is 21.3 Å². The lowest BCUT2D eigenvalue weighted by molar-refractivity contribution is -0.128. The van der Waals surface area contributed by atoms with Crippen molar-refractivity contribution >= 4 is 34.3 Å². The van der Waals surface area contributed by atoms with Gasteiger partial charge in [0.25, 0.3) is 0 Å². The van der Waals surface area contributed by atoms with Crippen LogP contribution >= 0.6 is 0 Å². The number of aliphatic hydroxyl groups excluding tert-OH is 1. The van der Waals surface area contributed by atoms with Crippen molar-refractivity contribution in [2.45, 2.75) is 70.8 Å². The number of rotatable bonds is 11. The summed E-state index contributed by atoms with van der Waals surface area (Å²) in [6.45, 7) is 6.64. The quantitative estimate of drug-likeness (QED) is 0.158. The second-order valence-corrected chi connectivity index (χ2v) is 12.9. The van der Waals surface area contributed by atoms with E-state index in [-0.39, 0.29) is 24.3 Å². The fourth-order valence-electron chi connectivity index (χ4n) is 6.18. The molecule has 0 aromatic heterocycles. The summed E-state index contributed by atoms with van der Waals surface area (Å²) in [5, 5.41) is 23.6. The summed E-state index contributed by atoms with van der Waals surface area (Å²) in [4.78, 5) is 41.1. The Balaban J connectivity index is 1.41. The molecule has 0 spiro atoms. The second-order valence-electron chi connectivity index (χ2n) is 12.9. The highest BCUT2D eigenvalue weighted by Gasteiger charge is 2.33. The van der Waals surface area contributed by atoms with Crippen molar-refractivity contribution in [3.8, 4) is 11.1 Å². The summed E-state index contributed by atoms with van der Waals surface area (Å²) in [5.74, 6) is -0.354. The van der Waals surface area contributed by atoms with Gasteiger partial charge < -0.3 is 31.3 Å². The Labute approximate surface area is 276 Å². The Bertz CT molecular complexity index is 1730. The number of β-amino-alcohol motifs (C(OH)–C–C–N with tert-alkyl or cyclic N) is 1. The van der Waals surface area contributed by atoms with E-state index in [9.17, 15) is 19.5 Å². The molecule has 4 aromatic carbocycles. The van der Waals surface area contributed by atoms with Gasteiger partial charge in [-0.3, -0.25) is 9.59 Å². The molecular weight excluding hydrogens is 590 g/mol. The number of fused-ring (bicyclic) bond motifs is 3. The Morgan fingerprint density at radius 1 is 0.979 bits per heavy atom. The van der Waals surface area contributed by atoms with Crippen LogP contribution in [0, 0.1) is 0 Å². The van der Waals surface area contributed by atoms with Crippen molar-refractivity contribution in [3.05, 3.63) is 102 Å². The third kappa shape index (κ3) is 8.36. The number of aryl methyl sites for hydroxylation is 1. The van der Waals surface area contributed by atoms with Gasteiger partial charge in [0.05, 0.1) is 12.6 Å². The van der Waals surface area contributed by atoms with Gasteiger partial charge in [-0.2, -0.15) is 0 Å². The van der Waals surface area contributed by atoms with E-state index in [0.29, 0.717) is 32.5 Å². The lowest BCUT2D eigenvalue weighted by Crippen LogP contribution is -2.51. The first-order valence-corrected chi connectivity index (χ1v) is 16.2. The van der Waals surface area contributed by atoms with Crippen LogP contribution in [0.15, 0.2) is 84.9 Å². The molecule has 246 valence electrons. The van der Waals surface area contributed by atoms with Crippen molar-refractivity contribution in [2.24, 2.45) is 0 Å². The Morgan fingerprint density at radius 3 is 2.45 bits per heavy atom. The summed E-state index contributed by atoms with van der Waals surface area (Å²) >= 11 is 0. The Kier molecular flexibility index (Phi) is 10.6. The molecule has 0 saturated carbocycles. The van der Waals surface area contributed by atoms with Gasteiger partial charge in [0.15, 0.2) is 0 Å². The first-order valence-electron chi connectivity index (χ1n) is 16.2. The highest BCUT2D eigenvalue weighted by atomic mass is 16.3. The number of aliphatic hydroxyl groups is 1. The minimum absolute atomic E-state index is 0.142. The van der Waals surface area contributed by atoms with E-state index >= 15 is 0 Å². The predicted octanol–water partition coefficient (Wildman–Crippen LogP) is 5.04. The van der Waals surface area contributed by atoms with Gasteiger partial charge in [-0.05, 0) is 78.3 Å². The number of nitrogens with zero attached hydrogens (tertiary/aromatic N) is 1. The molecule has 9 heteroatoms. The van der Waals surface area contributed by atoms with Crippen LogP contribution in [0.1, 0.15) is 50.3 Å². The van der Waals surface area contributed by atoms with Gasteiger partial charge in [0.2, 0.25) is 11.8 Å². The zero-order valence-electron chi connectivity index (χ0n) is 27.6. The highest BCUT2D eigenvalue weighted by Crippen LogP contribution is 2.35.